The molecular formula is C22H24N4O. The molecule has 0 saturated carbocycles. The molecule has 4 rings (SSSR count). The number of hydrogen-bond donors (Lipinski definition) is 2. The minimum absolute atomic E-state index is 0.00452. The molecule has 2 aromatic carbocycles. The molecule has 1 fully saturated rings. The van der Waals surface area contributed by atoms with Crippen molar-refractivity contribution in [2.45, 2.75) is 25.3 Å². The Morgan fingerprint density at radius 1 is 1.15 bits per heavy atom. The summed E-state index contributed by atoms with van der Waals surface area (Å²) in [4.78, 5) is 14.7. The van der Waals surface area contributed by atoms with Gasteiger partial charge in [0.05, 0.1) is 0 Å². The number of anilines is 1. The van der Waals surface area contributed by atoms with Crippen LogP contribution < -0.4 is 5.32 Å². The number of carbonyl (C=O) groups is 1. The van der Waals surface area contributed by atoms with Crippen LogP contribution in [0.1, 0.15) is 41.0 Å². The largest absolute Gasteiger partial charge is 0.380 e. The number of carbonyl (C=O) groups excluding carboxylic acids is 1. The highest BCUT2D eigenvalue weighted by molar-refractivity contribution is 5.92. The zero-order valence-corrected chi connectivity index (χ0v) is 15.4. The van der Waals surface area contributed by atoms with Gasteiger partial charge in [0.1, 0.15) is 5.69 Å². The van der Waals surface area contributed by atoms with Crippen molar-refractivity contribution in [3.63, 3.8) is 0 Å². The molecule has 0 aliphatic carbocycles. The molecular weight excluding hydrogens is 336 g/mol. The van der Waals surface area contributed by atoms with Crippen molar-refractivity contribution in [2.24, 2.45) is 0 Å². The lowest BCUT2D eigenvalue weighted by Crippen LogP contribution is -2.31. The zero-order chi connectivity index (χ0) is 18.6. The van der Waals surface area contributed by atoms with Crippen molar-refractivity contribution in [1.29, 1.82) is 0 Å². The van der Waals surface area contributed by atoms with Crippen molar-refractivity contribution < 1.29 is 4.79 Å². The Morgan fingerprint density at radius 3 is 2.59 bits per heavy atom. The van der Waals surface area contributed by atoms with Gasteiger partial charge in [-0.25, -0.2) is 0 Å². The molecule has 5 nitrogen and oxygen atoms in total. The third-order valence-corrected chi connectivity index (χ3v) is 5.20. The van der Waals surface area contributed by atoms with Crippen LogP contribution in [-0.4, -0.2) is 40.1 Å². The van der Waals surface area contributed by atoms with Gasteiger partial charge in [-0.2, -0.15) is 5.10 Å². The fraction of sp³-hybridized carbons (Fsp3) is 0.273. The molecule has 1 aliphatic heterocycles. The van der Waals surface area contributed by atoms with Crippen LogP contribution in [0.3, 0.4) is 0 Å². The van der Waals surface area contributed by atoms with Gasteiger partial charge in [-0.15, -0.1) is 0 Å². The van der Waals surface area contributed by atoms with Crippen molar-refractivity contribution >= 4 is 11.6 Å². The van der Waals surface area contributed by atoms with Crippen LogP contribution in [0.5, 0.6) is 0 Å². The van der Waals surface area contributed by atoms with Crippen LogP contribution in [0, 0.1) is 0 Å². The van der Waals surface area contributed by atoms with E-state index in [2.05, 4.69) is 46.7 Å². The normalized spacial score (nSPS) is 17.7. The Morgan fingerprint density at radius 2 is 1.85 bits per heavy atom. The molecule has 2 atom stereocenters. The van der Waals surface area contributed by atoms with E-state index in [1.54, 1.807) is 0 Å². The Kier molecular flexibility index (Phi) is 4.92. The van der Waals surface area contributed by atoms with E-state index in [4.69, 9.17) is 0 Å². The summed E-state index contributed by atoms with van der Waals surface area (Å²) >= 11 is 0. The van der Waals surface area contributed by atoms with E-state index < -0.39 is 0 Å². The number of para-hydroxylation sites is 1. The van der Waals surface area contributed by atoms with Crippen molar-refractivity contribution in [1.82, 2.24) is 15.1 Å². The number of aromatic nitrogens is 2. The third kappa shape index (κ3) is 3.87. The fourth-order valence-electron chi connectivity index (χ4n) is 3.58. The highest BCUT2D eigenvalue weighted by Gasteiger charge is 2.28. The average molecular weight is 360 g/mol. The van der Waals surface area contributed by atoms with Gasteiger partial charge < -0.3 is 10.2 Å². The molecule has 1 aromatic heterocycles. The molecule has 5 heteroatoms. The minimum Gasteiger partial charge on any atom is -0.380 e. The molecule has 2 heterocycles. The third-order valence-electron chi connectivity index (χ3n) is 5.20. The number of H-pyrrole nitrogens is 1. The topological polar surface area (TPSA) is 61.0 Å². The van der Waals surface area contributed by atoms with E-state index in [1.165, 1.54) is 5.56 Å². The lowest BCUT2D eigenvalue weighted by molar-refractivity contribution is 0.0786. The number of amides is 1. The van der Waals surface area contributed by atoms with Crippen molar-refractivity contribution in [3.05, 3.63) is 83.7 Å². The van der Waals surface area contributed by atoms with Gasteiger partial charge in [0.25, 0.3) is 5.91 Å². The second-order valence-electron chi connectivity index (χ2n) is 7.09. The maximum absolute atomic E-state index is 12.8. The quantitative estimate of drug-likeness (QED) is 0.726. The van der Waals surface area contributed by atoms with Crippen LogP contribution in [0.4, 0.5) is 5.69 Å². The summed E-state index contributed by atoms with van der Waals surface area (Å²) in [6.45, 7) is 3.57. The van der Waals surface area contributed by atoms with Crippen LogP contribution in [-0.2, 0) is 0 Å². The first kappa shape index (κ1) is 17.3. The summed E-state index contributed by atoms with van der Waals surface area (Å²) in [5.74, 6) is 0.168. The van der Waals surface area contributed by atoms with E-state index in [1.807, 2.05) is 47.4 Å². The fourth-order valence-corrected chi connectivity index (χ4v) is 3.58. The SMILES string of the molecule is CC(c1ccccc1)c1cc(C(=O)N2CCC(Nc3ccccc3)C2)n[nH]1. The number of likely N-dealkylation sites (tertiary alicyclic amines) is 1. The number of nitrogens with zero attached hydrogens (tertiary/aromatic N) is 2. The number of hydrogen-bond acceptors (Lipinski definition) is 3. The minimum atomic E-state index is -0.00452. The molecule has 2 N–H and O–H groups in total. The average Bonchev–Trinajstić information content (AvgIpc) is 3.38. The van der Waals surface area contributed by atoms with E-state index in [0.29, 0.717) is 12.2 Å². The maximum Gasteiger partial charge on any atom is 0.274 e. The smallest absolute Gasteiger partial charge is 0.274 e. The van der Waals surface area contributed by atoms with E-state index in [0.717, 1.165) is 24.3 Å². The first-order valence-electron chi connectivity index (χ1n) is 9.42. The Balaban J connectivity index is 1.40. The Bertz CT molecular complexity index is 891. The monoisotopic (exact) mass is 360 g/mol. The Labute approximate surface area is 159 Å². The predicted octanol–water partition coefficient (Wildman–Crippen LogP) is 3.89. The molecule has 0 spiro atoms. The van der Waals surface area contributed by atoms with Crippen LogP contribution >= 0.6 is 0 Å². The van der Waals surface area contributed by atoms with Gasteiger partial charge in [-0.1, -0.05) is 55.5 Å². The van der Waals surface area contributed by atoms with E-state index >= 15 is 0 Å². The second-order valence-corrected chi connectivity index (χ2v) is 7.09. The molecule has 1 amide bonds. The molecule has 1 saturated heterocycles. The van der Waals surface area contributed by atoms with Crippen LogP contribution in [0.15, 0.2) is 66.7 Å². The summed E-state index contributed by atoms with van der Waals surface area (Å²) in [5.41, 5.74) is 3.75. The highest BCUT2D eigenvalue weighted by atomic mass is 16.2. The van der Waals surface area contributed by atoms with Gasteiger partial charge in [-0.05, 0) is 30.2 Å². The first-order valence-corrected chi connectivity index (χ1v) is 9.42. The number of nitrogens with one attached hydrogen (secondary N) is 2. The van der Waals surface area contributed by atoms with Gasteiger partial charge >= 0.3 is 0 Å². The molecule has 2 unspecified atom stereocenters. The highest BCUT2D eigenvalue weighted by Crippen LogP contribution is 2.24. The summed E-state index contributed by atoms with van der Waals surface area (Å²) in [5, 5.41) is 10.8. The molecule has 27 heavy (non-hydrogen) atoms. The summed E-state index contributed by atoms with van der Waals surface area (Å²) in [6.07, 6.45) is 0.943. The summed E-state index contributed by atoms with van der Waals surface area (Å²) < 4.78 is 0. The van der Waals surface area contributed by atoms with Gasteiger partial charge in [0.2, 0.25) is 0 Å². The molecule has 0 radical (unpaired) electrons. The second kappa shape index (κ2) is 7.66. The van der Waals surface area contributed by atoms with Crippen LogP contribution in [0.25, 0.3) is 0 Å². The lowest BCUT2D eigenvalue weighted by Gasteiger charge is -2.16. The predicted molar refractivity (Wildman–Crippen MR) is 107 cm³/mol. The van der Waals surface area contributed by atoms with Gasteiger partial charge in [0, 0.05) is 36.4 Å². The standard InChI is InChI=1S/C22H24N4O/c1-16(17-8-4-2-5-9-17)20-14-21(25-24-20)22(27)26-13-12-19(15-26)23-18-10-6-3-7-11-18/h2-11,14,16,19,23H,12-13,15H2,1H3,(H,24,25). The number of aromatic amines is 1. The Hall–Kier alpha value is -3.08. The summed E-state index contributed by atoms with van der Waals surface area (Å²) in [6, 6.07) is 22.5. The molecule has 0 bridgehead atoms. The number of benzene rings is 2. The van der Waals surface area contributed by atoms with E-state index in [-0.39, 0.29) is 17.9 Å². The molecule has 3 aromatic rings. The first-order chi connectivity index (χ1) is 13.2. The van der Waals surface area contributed by atoms with Crippen LogP contribution in [0.2, 0.25) is 0 Å². The molecule has 1 aliphatic rings. The van der Waals surface area contributed by atoms with Gasteiger partial charge in [-0.3, -0.25) is 9.89 Å². The van der Waals surface area contributed by atoms with E-state index in [9.17, 15) is 4.79 Å². The molecule has 138 valence electrons. The van der Waals surface area contributed by atoms with Crippen molar-refractivity contribution in [2.75, 3.05) is 18.4 Å². The lowest BCUT2D eigenvalue weighted by atomic mass is 9.98. The van der Waals surface area contributed by atoms with Gasteiger partial charge in [0.15, 0.2) is 0 Å². The zero-order valence-electron chi connectivity index (χ0n) is 15.4. The maximum atomic E-state index is 12.8. The van der Waals surface area contributed by atoms with Crippen molar-refractivity contribution in [3.8, 4) is 0 Å². The summed E-state index contributed by atoms with van der Waals surface area (Å²) in [7, 11) is 0. The number of rotatable bonds is 5.